The third kappa shape index (κ3) is 5.38. The van der Waals surface area contributed by atoms with E-state index in [2.05, 4.69) is 57.8 Å². The molecule has 0 unspecified atom stereocenters. The molecule has 0 radical (unpaired) electrons. The van der Waals surface area contributed by atoms with Crippen molar-refractivity contribution in [2.24, 2.45) is 0 Å². The van der Waals surface area contributed by atoms with Crippen molar-refractivity contribution >= 4 is 5.78 Å². The van der Waals surface area contributed by atoms with Gasteiger partial charge in [0.25, 0.3) is 0 Å². The number of nitrogens with zero attached hydrogens (tertiary/aromatic N) is 4. The molecule has 0 saturated carbocycles. The molecule has 0 atom stereocenters. The van der Waals surface area contributed by atoms with Gasteiger partial charge in [0.1, 0.15) is 0 Å². The predicted molar refractivity (Wildman–Crippen MR) is 113 cm³/mol. The van der Waals surface area contributed by atoms with Gasteiger partial charge in [-0.1, -0.05) is 6.07 Å². The number of ketones is 1. The summed E-state index contributed by atoms with van der Waals surface area (Å²) in [6, 6.07) is 18.1. The highest BCUT2D eigenvalue weighted by atomic mass is 16.1. The molecule has 2 heterocycles. The lowest BCUT2D eigenvalue weighted by Crippen LogP contribution is -2.32. The van der Waals surface area contributed by atoms with Crippen molar-refractivity contribution in [2.75, 3.05) is 27.2 Å². The zero-order valence-electron chi connectivity index (χ0n) is 16.9. The molecule has 0 saturated heterocycles. The van der Waals surface area contributed by atoms with Gasteiger partial charge in [0.2, 0.25) is 0 Å². The van der Waals surface area contributed by atoms with E-state index in [1.54, 1.807) is 6.92 Å². The minimum Gasteiger partial charge on any atom is -0.320 e. The average molecular weight is 377 g/mol. The summed E-state index contributed by atoms with van der Waals surface area (Å²) >= 11 is 0. The highest BCUT2D eigenvalue weighted by Gasteiger charge is 2.12. The zero-order chi connectivity index (χ0) is 19.9. The Hall–Kier alpha value is -2.76. The molecule has 0 spiro atoms. The summed E-state index contributed by atoms with van der Waals surface area (Å²) in [6.07, 6.45) is 3.92. The maximum absolute atomic E-state index is 11.5. The highest BCUT2D eigenvalue weighted by molar-refractivity contribution is 5.94. The van der Waals surface area contributed by atoms with Crippen LogP contribution in [0.5, 0.6) is 0 Å². The van der Waals surface area contributed by atoms with E-state index in [0.717, 1.165) is 43.1 Å². The number of carbonyl (C=O) groups is 1. The summed E-state index contributed by atoms with van der Waals surface area (Å²) in [6.45, 7) is 5.17. The fourth-order valence-corrected chi connectivity index (χ4v) is 3.16. The van der Waals surface area contributed by atoms with Crippen molar-refractivity contribution in [3.05, 3.63) is 83.9 Å². The monoisotopic (exact) mass is 376 g/mol. The molecule has 3 rings (SSSR count). The number of rotatable bonds is 9. The van der Waals surface area contributed by atoms with Crippen LogP contribution in [0.3, 0.4) is 0 Å². The highest BCUT2D eigenvalue weighted by Crippen LogP contribution is 2.17. The largest absolute Gasteiger partial charge is 0.320 e. The van der Waals surface area contributed by atoms with Crippen LogP contribution in [0.1, 0.15) is 28.7 Å². The Morgan fingerprint density at radius 1 is 0.964 bits per heavy atom. The first-order valence-corrected chi connectivity index (χ1v) is 9.57. The van der Waals surface area contributed by atoms with E-state index in [0.29, 0.717) is 0 Å². The van der Waals surface area contributed by atoms with E-state index in [-0.39, 0.29) is 5.78 Å². The van der Waals surface area contributed by atoms with Crippen molar-refractivity contribution in [3.63, 3.8) is 0 Å². The molecule has 146 valence electrons. The van der Waals surface area contributed by atoms with E-state index >= 15 is 0 Å². The van der Waals surface area contributed by atoms with Gasteiger partial charge in [-0.15, -0.1) is 0 Å². The third-order valence-electron chi connectivity index (χ3n) is 4.75. The van der Waals surface area contributed by atoms with Gasteiger partial charge < -0.3 is 9.47 Å². The Morgan fingerprint density at radius 3 is 2.39 bits per heavy atom. The Labute approximate surface area is 167 Å². The maximum Gasteiger partial charge on any atom is 0.159 e. The van der Waals surface area contributed by atoms with E-state index in [1.165, 1.54) is 5.69 Å². The quantitative estimate of drug-likeness (QED) is 0.535. The lowest BCUT2D eigenvalue weighted by molar-refractivity contribution is 0.101. The van der Waals surface area contributed by atoms with Gasteiger partial charge in [0.05, 0.1) is 5.69 Å². The lowest BCUT2D eigenvalue weighted by Gasteiger charge is -2.24. The number of carbonyl (C=O) groups excluding carboxylic acids is 1. The van der Waals surface area contributed by atoms with Crippen molar-refractivity contribution in [1.29, 1.82) is 0 Å². The van der Waals surface area contributed by atoms with Crippen LogP contribution in [0.4, 0.5) is 0 Å². The summed E-state index contributed by atoms with van der Waals surface area (Å²) in [7, 11) is 4.19. The second kappa shape index (κ2) is 9.44. The maximum atomic E-state index is 11.5. The molecular weight excluding hydrogens is 348 g/mol. The molecule has 5 heteroatoms. The number of benzene rings is 1. The minimum absolute atomic E-state index is 0.0875. The first-order chi connectivity index (χ1) is 13.5. The fourth-order valence-electron chi connectivity index (χ4n) is 3.16. The Bertz CT molecular complexity index is 884. The van der Waals surface area contributed by atoms with E-state index in [1.807, 2.05) is 42.6 Å². The van der Waals surface area contributed by atoms with Gasteiger partial charge in [-0.2, -0.15) is 0 Å². The predicted octanol–water partition coefficient (Wildman–Crippen LogP) is 3.64. The van der Waals surface area contributed by atoms with Crippen molar-refractivity contribution in [1.82, 2.24) is 19.4 Å². The number of likely N-dealkylation sites (N-methyl/N-ethyl adjacent to an activating group) is 1. The first-order valence-electron chi connectivity index (χ1n) is 9.57. The fraction of sp³-hybridized carbons (Fsp3) is 0.304. The smallest absolute Gasteiger partial charge is 0.159 e. The van der Waals surface area contributed by atoms with Gasteiger partial charge in [0.15, 0.2) is 5.78 Å². The molecule has 28 heavy (non-hydrogen) atoms. The van der Waals surface area contributed by atoms with Gasteiger partial charge in [-0.05, 0) is 69.6 Å². The van der Waals surface area contributed by atoms with E-state index < -0.39 is 0 Å². The molecule has 0 aliphatic carbocycles. The molecule has 0 amide bonds. The summed E-state index contributed by atoms with van der Waals surface area (Å²) in [4.78, 5) is 20.6. The molecular formula is C23H28N4O. The number of hydrogen-bond donors (Lipinski definition) is 0. The summed E-state index contributed by atoms with van der Waals surface area (Å²) < 4.78 is 2.19. The molecule has 0 bridgehead atoms. The van der Waals surface area contributed by atoms with Crippen LogP contribution < -0.4 is 0 Å². The van der Waals surface area contributed by atoms with Crippen LogP contribution in [0, 0.1) is 0 Å². The minimum atomic E-state index is 0.0875. The van der Waals surface area contributed by atoms with Crippen molar-refractivity contribution < 1.29 is 4.79 Å². The van der Waals surface area contributed by atoms with Gasteiger partial charge >= 0.3 is 0 Å². The Balaban J connectivity index is 1.79. The zero-order valence-corrected chi connectivity index (χ0v) is 16.9. The Kier molecular flexibility index (Phi) is 6.74. The Morgan fingerprint density at radius 2 is 1.75 bits per heavy atom. The molecule has 5 nitrogen and oxygen atoms in total. The molecule has 0 aliphatic heterocycles. The second-order valence-electron chi connectivity index (χ2n) is 7.31. The van der Waals surface area contributed by atoms with Gasteiger partial charge in [-0.25, -0.2) is 0 Å². The molecule has 3 aromatic rings. The van der Waals surface area contributed by atoms with Crippen LogP contribution in [0.15, 0.2) is 67.0 Å². The molecule has 1 aromatic carbocycles. The van der Waals surface area contributed by atoms with Crippen molar-refractivity contribution in [3.8, 4) is 5.69 Å². The number of pyridine rings is 1. The number of Topliss-reactive ketones (excluding diaryl/α,β-unsaturated/α-hetero) is 1. The van der Waals surface area contributed by atoms with Crippen LogP contribution in [-0.2, 0) is 13.1 Å². The van der Waals surface area contributed by atoms with Crippen LogP contribution in [0.25, 0.3) is 5.69 Å². The summed E-state index contributed by atoms with van der Waals surface area (Å²) in [5, 5.41) is 0. The SMILES string of the molecule is CC(=O)c1ccc(-n2cccc2CN(CCN(C)C)Cc2ccccn2)cc1. The lowest BCUT2D eigenvalue weighted by atomic mass is 10.1. The van der Waals surface area contributed by atoms with E-state index in [9.17, 15) is 4.79 Å². The van der Waals surface area contributed by atoms with Crippen molar-refractivity contribution in [2.45, 2.75) is 20.0 Å². The van der Waals surface area contributed by atoms with Crippen LogP contribution in [-0.4, -0.2) is 52.3 Å². The molecule has 0 aliphatic rings. The van der Waals surface area contributed by atoms with Crippen LogP contribution >= 0.6 is 0 Å². The number of aromatic nitrogens is 2. The van der Waals surface area contributed by atoms with Gasteiger partial charge in [0, 0.05) is 55.5 Å². The van der Waals surface area contributed by atoms with E-state index in [4.69, 9.17) is 0 Å². The molecule has 0 N–H and O–H groups in total. The normalized spacial score (nSPS) is 11.3. The summed E-state index contributed by atoms with van der Waals surface area (Å²) in [5.41, 5.74) is 4.09. The average Bonchev–Trinajstić information content (AvgIpc) is 3.15. The first kappa shape index (κ1) is 20.0. The topological polar surface area (TPSA) is 41.4 Å². The summed E-state index contributed by atoms with van der Waals surface area (Å²) in [5.74, 6) is 0.0875. The molecule has 2 aromatic heterocycles. The third-order valence-corrected chi connectivity index (χ3v) is 4.75. The second-order valence-corrected chi connectivity index (χ2v) is 7.31. The molecule has 0 fully saturated rings. The number of hydrogen-bond acceptors (Lipinski definition) is 4. The van der Waals surface area contributed by atoms with Crippen LogP contribution in [0.2, 0.25) is 0 Å². The van der Waals surface area contributed by atoms with Gasteiger partial charge in [-0.3, -0.25) is 14.7 Å². The standard InChI is InChI=1S/C23H28N4O/c1-19(28)20-9-11-22(12-10-20)27-14-6-8-23(27)18-26(16-15-25(2)3)17-21-7-4-5-13-24-21/h4-14H,15-18H2,1-3H3.